The van der Waals surface area contributed by atoms with Gasteiger partial charge in [0.15, 0.2) is 5.11 Å². The number of halogens is 1. The van der Waals surface area contributed by atoms with E-state index in [1.165, 1.54) is 58.4 Å². The number of benzene rings is 1. The highest BCUT2D eigenvalue weighted by Gasteiger charge is 2.25. The normalized spacial score (nSPS) is 22.8. The number of piperazine rings is 1. The van der Waals surface area contributed by atoms with Gasteiger partial charge in [-0.15, -0.1) is 0 Å². The Morgan fingerprint density at radius 3 is 2.68 bits per heavy atom. The highest BCUT2D eigenvalue weighted by molar-refractivity contribution is 7.80. The monoisotopic (exact) mass is 380 g/mol. The number of likely N-dealkylation sites (tertiary alicyclic amines) is 1. The number of hydrogen-bond acceptors (Lipinski definition) is 3. The first-order chi connectivity index (χ1) is 12.1. The molecule has 2 aliphatic heterocycles. The number of para-hydroxylation sites is 1. The van der Waals surface area contributed by atoms with E-state index >= 15 is 0 Å². The zero-order chi connectivity index (χ0) is 17.6. The molecule has 1 aromatic rings. The van der Waals surface area contributed by atoms with Crippen molar-refractivity contribution < 1.29 is 0 Å². The predicted molar refractivity (Wildman–Crippen MR) is 111 cm³/mol. The molecule has 138 valence electrons. The number of anilines is 1. The molecular weight excluding hydrogens is 352 g/mol. The minimum Gasteiger partial charge on any atom is -0.346 e. The van der Waals surface area contributed by atoms with E-state index in [2.05, 4.69) is 27.1 Å². The van der Waals surface area contributed by atoms with Gasteiger partial charge in [0.05, 0.1) is 10.7 Å². The Bertz CT molecular complexity index is 574. The fourth-order valence-corrected chi connectivity index (χ4v) is 4.25. The van der Waals surface area contributed by atoms with Gasteiger partial charge < -0.3 is 20.0 Å². The van der Waals surface area contributed by atoms with Crippen LogP contribution in [0.25, 0.3) is 0 Å². The zero-order valence-electron chi connectivity index (χ0n) is 15.1. The van der Waals surface area contributed by atoms with E-state index in [9.17, 15) is 0 Å². The molecule has 0 unspecified atom stereocenters. The van der Waals surface area contributed by atoms with Crippen LogP contribution in [0, 0.1) is 0 Å². The summed E-state index contributed by atoms with van der Waals surface area (Å²) in [5, 5.41) is 4.89. The summed E-state index contributed by atoms with van der Waals surface area (Å²) in [6, 6.07) is 8.34. The Balaban J connectivity index is 1.55. The molecule has 3 rings (SSSR count). The van der Waals surface area contributed by atoms with Gasteiger partial charge in [0.2, 0.25) is 0 Å². The summed E-state index contributed by atoms with van der Waals surface area (Å²) in [5.74, 6) is 0. The Morgan fingerprint density at radius 1 is 1.16 bits per heavy atom. The van der Waals surface area contributed by atoms with Crippen molar-refractivity contribution >= 4 is 34.6 Å². The van der Waals surface area contributed by atoms with Crippen molar-refractivity contribution in [3.63, 3.8) is 0 Å². The second kappa shape index (κ2) is 9.17. The summed E-state index contributed by atoms with van der Waals surface area (Å²) in [6.07, 6.45) is 4.94. The molecule has 25 heavy (non-hydrogen) atoms. The van der Waals surface area contributed by atoms with E-state index in [0.29, 0.717) is 6.04 Å². The summed E-state index contributed by atoms with van der Waals surface area (Å²) in [4.78, 5) is 7.39. The molecule has 2 fully saturated rings. The lowest BCUT2D eigenvalue weighted by Crippen LogP contribution is -2.49. The van der Waals surface area contributed by atoms with Crippen LogP contribution in [0.15, 0.2) is 24.3 Å². The molecule has 0 radical (unpaired) electrons. The number of likely N-dealkylation sites (N-methyl/N-ethyl adjacent to an activating group) is 1. The molecular formula is C19H29ClN4S. The van der Waals surface area contributed by atoms with Gasteiger partial charge in [-0.2, -0.15) is 0 Å². The molecule has 0 aromatic heterocycles. The van der Waals surface area contributed by atoms with E-state index < -0.39 is 0 Å². The largest absolute Gasteiger partial charge is 0.346 e. The van der Waals surface area contributed by atoms with Crippen LogP contribution in [0.1, 0.15) is 25.7 Å². The van der Waals surface area contributed by atoms with Crippen molar-refractivity contribution in [2.45, 2.75) is 31.7 Å². The third-order valence-electron chi connectivity index (χ3n) is 5.38. The number of hydrogen-bond donors (Lipinski definition) is 1. The van der Waals surface area contributed by atoms with E-state index in [4.69, 9.17) is 23.8 Å². The maximum Gasteiger partial charge on any atom is 0.173 e. The van der Waals surface area contributed by atoms with Gasteiger partial charge in [0.25, 0.3) is 0 Å². The van der Waals surface area contributed by atoms with Crippen LogP contribution in [-0.2, 0) is 0 Å². The standard InChI is InChI=1S/C19H29ClN4S/c1-22-12-14-23(15-13-22)11-9-16-6-4-5-10-24(16)19(25)21-18-8-3-2-7-17(18)20/h2-3,7-8,16H,4-6,9-15H2,1H3,(H,21,25)/t16-/m1/s1. The van der Waals surface area contributed by atoms with Gasteiger partial charge in [-0.05, 0) is 57.1 Å². The van der Waals surface area contributed by atoms with Crippen molar-refractivity contribution in [1.29, 1.82) is 0 Å². The van der Waals surface area contributed by atoms with Crippen molar-refractivity contribution in [2.75, 3.05) is 51.6 Å². The average molecular weight is 381 g/mol. The molecule has 2 saturated heterocycles. The van der Waals surface area contributed by atoms with Crippen LogP contribution >= 0.6 is 23.8 Å². The Labute approximate surface area is 162 Å². The van der Waals surface area contributed by atoms with Gasteiger partial charge >= 0.3 is 0 Å². The fourth-order valence-electron chi connectivity index (χ4n) is 3.72. The van der Waals surface area contributed by atoms with Crippen LogP contribution in [0.3, 0.4) is 0 Å². The minimum atomic E-state index is 0.538. The number of nitrogens with one attached hydrogen (secondary N) is 1. The third-order valence-corrected chi connectivity index (χ3v) is 6.04. The molecule has 6 heteroatoms. The summed E-state index contributed by atoms with van der Waals surface area (Å²) in [5.41, 5.74) is 0.901. The first-order valence-corrected chi connectivity index (χ1v) is 10.1. The van der Waals surface area contributed by atoms with Crippen LogP contribution in [-0.4, -0.2) is 72.2 Å². The van der Waals surface area contributed by atoms with Crippen molar-refractivity contribution in [2.24, 2.45) is 0 Å². The van der Waals surface area contributed by atoms with Crippen molar-refractivity contribution in [1.82, 2.24) is 14.7 Å². The lowest BCUT2D eigenvalue weighted by Gasteiger charge is -2.39. The lowest BCUT2D eigenvalue weighted by molar-refractivity contribution is 0.135. The van der Waals surface area contributed by atoms with Gasteiger partial charge in [0, 0.05) is 45.3 Å². The highest BCUT2D eigenvalue weighted by atomic mass is 35.5. The molecule has 1 aromatic carbocycles. The van der Waals surface area contributed by atoms with Gasteiger partial charge in [-0.1, -0.05) is 23.7 Å². The first kappa shape index (κ1) is 18.9. The third kappa shape index (κ3) is 5.30. The first-order valence-electron chi connectivity index (χ1n) is 9.36. The topological polar surface area (TPSA) is 21.8 Å². The number of rotatable bonds is 4. The van der Waals surface area contributed by atoms with Crippen LogP contribution in [0.4, 0.5) is 5.69 Å². The van der Waals surface area contributed by atoms with Gasteiger partial charge in [-0.3, -0.25) is 0 Å². The van der Waals surface area contributed by atoms with Crippen LogP contribution in [0.5, 0.6) is 0 Å². The second-order valence-corrected chi connectivity index (χ2v) is 7.98. The van der Waals surface area contributed by atoms with E-state index in [1.54, 1.807) is 0 Å². The molecule has 1 atom stereocenters. The quantitative estimate of drug-likeness (QED) is 0.804. The Kier molecular flexibility index (Phi) is 6.93. The summed E-state index contributed by atoms with van der Waals surface area (Å²) < 4.78 is 0. The molecule has 0 aliphatic carbocycles. The van der Waals surface area contributed by atoms with Crippen molar-refractivity contribution in [3.05, 3.63) is 29.3 Å². The summed E-state index contributed by atoms with van der Waals surface area (Å²) in [6.45, 7) is 6.95. The van der Waals surface area contributed by atoms with Crippen LogP contribution < -0.4 is 5.32 Å². The zero-order valence-corrected chi connectivity index (χ0v) is 16.7. The number of thiocarbonyl (C=S) groups is 1. The number of piperidine rings is 1. The molecule has 2 heterocycles. The van der Waals surface area contributed by atoms with Gasteiger partial charge in [-0.25, -0.2) is 0 Å². The SMILES string of the molecule is CN1CCN(CC[C@H]2CCCCN2C(=S)Nc2ccccc2Cl)CC1. The summed E-state index contributed by atoms with van der Waals surface area (Å²) >= 11 is 12.0. The molecule has 0 amide bonds. The Morgan fingerprint density at radius 2 is 1.92 bits per heavy atom. The highest BCUT2D eigenvalue weighted by Crippen LogP contribution is 2.24. The Hall–Kier alpha value is -0.880. The molecule has 0 spiro atoms. The lowest BCUT2D eigenvalue weighted by atomic mass is 9.99. The van der Waals surface area contributed by atoms with E-state index in [1.807, 2.05) is 24.3 Å². The smallest absolute Gasteiger partial charge is 0.173 e. The maximum absolute atomic E-state index is 6.27. The van der Waals surface area contributed by atoms with Crippen LogP contribution in [0.2, 0.25) is 5.02 Å². The predicted octanol–water partition coefficient (Wildman–Crippen LogP) is 3.53. The van der Waals surface area contributed by atoms with E-state index in [0.717, 1.165) is 22.4 Å². The molecule has 0 saturated carbocycles. The second-order valence-electron chi connectivity index (χ2n) is 7.19. The number of nitrogens with zero attached hydrogens (tertiary/aromatic N) is 3. The minimum absolute atomic E-state index is 0.538. The summed E-state index contributed by atoms with van der Waals surface area (Å²) in [7, 11) is 2.21. The average Bonchev–Trinajstić information content (AvgIpc) is 2.63. The van der Waals surface area contributed by atoms with E-state index in [-0.39, 0.29) is 0 Å². The molecule has 4 nitrogen and oxygen atoms in total. The van der Waals surface area contributed by atoms with Gasteiger partial charge in [0.1, 0.15) is 0 Å². The molecule has 1 N–H and O–H groups in total. The van der Waals surface area contributed by atoms with Crippen molar-refractivity contribution in [3.8, 4) is 0 Å². The maximum atomic E-state index is 6.27. The molecule has 2 aliphatic rings. The fraction of sp³-hybridized carbons (Fsp3) is 0.632. The molecule has 0 bridgehead atoms.